The molecule has 4 aliphatic carbocycles. The van der Waals surface area contributed by atoms with Gasteiger partial charge < -0.3 is 0 Å². The molecular weight excluding hydrogens is 409 g/mol. The average Bonchev–Trinajstić information content (AvgIpc) is 3.44. The van der Waals surface area contributed by atoms with Crippen molar-refractivity contribution in [2.45, 2.75) is 12.6 Å². The molecule has 5 nitrogen and oxygen atoms in total. The highest BCUT2D eigenvalue weighted by molar-refractivity contribution is 6.31. The minimum atomic E-state index is -5.16. The van der Waals surface area contributed by atoms with E-state index < -0.39 is 42.4 Å². The van der Waals surface area contributed by atoms with Crippen LogP contribution in [0.15, 0.2) is 36.4 Å². The Morgan fingerprint density at radius 1 is 1.10 bits per heavy atom. The van der Waals surface area contributed by atoms with Crippen molar-refractivity contribution < 1.29 is 27.6 Å². The van der Waals surface area contributed by atoms with Gasteiger partial charge in [0.1, 0.15) is 6.67 Å². The summed E-state index contributed by atoms with van der Waals surface area (Å²) >= 11 is 5.87. The molecule has 0 radical (unpaired) electrons. The maximum absolute atomic E-state index is 13.2. The summed E-state index contributed by atoms with van der Waals surface area (Å²) in [6, 6.07) is 5.34. The summed E-state index contributed by atoms with van der Waals surface area (Å²) in [4.78, 5) is 39.4. The number of carbonyl (C=O) groups is 3. The Hall–Kier alpha value is -2.35. The molecule has 0 spiro atoms. The van der Waals surface area contributed by atoms with E-state index in [9.17, 15) is 27.6 Å². The number of likely N-dealkylation sites (tertiary alicyclic amines) is 1. The van der Waals surface area contributed by atoms with E-state index in [0.717, 1.165) is 11.3 Å². The first-order chi connectivity index (χ1) is 13.7. The second-order valence-corrected chi connectivity index (χ2v) is 8.55. The van der Waals surface area contributed by atoms with Gasteiger partial charge in [0.2, 0.25) is 11.8 Å². The quantitative estimate of drug-likeness (QED) is 0.553. The number of anilines is 1. The maximum atomic E-state index is 13.2. The van der Waals surface area contributed by atoms with Gasteiger partial charge in [-0.25, -0.2) is 0 Å². The number of nitrogens with zero attached hydrogens (tertiary/aromatic N) is 2. The van der Waals surface area contributed by atoms with Crippen LogP contribution in [0.25, 0.3) is 0 Å². The van der Waals surface area contributed by atoms with Gasteiger partial charge in [-0.1, -0.05) is 29.8 Å². The lowest BCUT2D eigenvalue weighted by atomic mass is 9.63. The topological polar surface area (TPSA) is 57.7 Å². The zero-order valence-corrected chi connectivity index (χ0v) is 15.7. The first kappa shape index (κ1) is 18.7. The Morgan fingerprint density at radius 2 is 1.69 bits per heavy atom. The van der Waals surface area contributed by atoms with Crippen LogP contribution >= 0.6 is 11.6 Å². The van der Waals surface area contributed by atoms with Crippen molar-refractivity contribution in [3.05, 3.63) is 41.4 Å². The van der Waals surface area contributed by atoms with E-state index in [4.69, 9.17) is 11.6 Å². The summed E-state index contributed by atoms with van der Waals surface area (Å²) < 4.78 is 39.7. The number of rotatable bonds is 3. The van der Waals surface area contributed by atoms with E-state index >= 15 is 0 Å². The summed E-state index contributed by atoms with van der Waals surface area (Å²) in [5.41, 5.74) is -0.126. The molecule has 6 rings (SSSR count). The Balaban J connectivity index is 1.47. The number of allylic oxidation sites excluding steroid dienone is 2. The van der Waals surface area contributed by atoms with Crippen LogP contribution in [-0.2, 0) is 14.4 Å². The zero-order valence-electron chi connectivity index (χ0n) is 15.0. The number of benzene rings is 1. The van der Waals surface area contributed by atoms with Crippen LogP contribution < -0.4 is 4.90 Å². The molecule has 2 saturated carbocycles. The number of carbonyl (C=O) groups excluding carboxylic acids is 3. The fourth-order valence-corrected chi connectivity index (χ4v) is 5.54. The third kappa shape index (κ3) is 2.72. The molecule has 1 heterocycles. The Labute approximate surface area is 169 Å². The predicted molar refractivity (Wildman–Crippen MR) is 96.4 cm³/mol. The third-order valence-electron chi connectivity index (χ3n) is 6.64. The summed E-state index contributed by atoms with van der Waals surface area (Å²) in [6.45, 7) is -0.780. The first-order valence-electron chi connectivity index (χ1n) is 9.36. The molecule has 152 valence electrons. The van der Waals surface area contributed by atoms with Crippen LogP contribution in [0.5, 0.6) is 0 Å². The summed E-state index contributed by atoms with van der Waals surface area (Å²) in [5.74, 6) is -3.55. The second kappa shape index (κ2) is 6.08. The largest absolute Gasteiger partial charge is 0.471 e. The normalized spacial score (nSPS) is 34.3. The fourth-order valence-electron chi connectivity index (χ4n) is 5.36. The van der Waals surface area contributed by atoms with Gasteiger partial charge in [-0.3, -0.25) is 24.2 Å². The number of hydrogen-bond acceptors (Lipinski definition) is 3. The molecule has 6 atom stereocenters. The van der Waals surface area contributed by atoms with Gasteiger partial charge in [0.25, 0.3) is 0 Å². The minimum absolute atomic E-state index is 0.0469. The van der Waals surface area contributed by atoms with Crippen molar-refractivity contribution in [1.82, 2.24) is 4.90 Å². The summed E-state index contributed by atoms with van der Waals surface area (Å²) in [5, 5.41) is 0.137. The molecule has 0 aromatic heterocycles. The molecule has 5 aliphatic rings. The lowest BCUT2D eigenvalue weighted by Crippen LogP contribution is -2.49. The monoisotopic (exact) mass is 424 g/mol. The SMILES string of the molecule is O=C1[C@@H]2[C@H]3C=C[C@@H]([C@@H]4C[C@@H]34)[C@@H]2C(=O)N1CN(C(=O)C(F)(F)F)c1cccc(Cl)c1. The van der Waals surface area contributed by atoms with Crippen LogP contribution in [0.2, 0.25) is 5.02 Å². The maximum Gasteiger partial charge on any atom is 0.471 e. The molecule has 29 heavy (non-hydrogen) atoms. The molecule has 1 saturated heterocycles. The van der Waals surface area contributed by atoms with Crippen molar-refractivity contribution in [1.29, 1.82) is 0 Å². The van der Waals surface area contributed by atoms with E-state index in [1.165, 1.54) is 24.3 Å². The Morgan fingerprint density at radius 3 is 2.21 bits per heavy atom. The molecule has 0 unspecified atom stereocenters. The molecular formula is C20H16ClF3N2O3. The number of hydrogen-bond donors (Lipinski definition) is 0. The van der Waals surface area contributed by atoms with Crippen molar-refractivity contribution in [2.24, 2.45) is 35.5 Å². The van der Waals surface area contributed by atoms with Crippen molar-refractivity contribution in [2.75, 3.05) is 11.6 Å². The third-order valence-corrected chi connectivity index (χ3v) is 6.88. The van der Waals surface area contributed by atoms with Gasteiger partial charge in [0, 0.05) is 10.7 Å². The highest BCUT2D eigenvalue weighted by Crippen LogP contribution is 2.65. The molecule has 2 bridgehead atoms. The van der Waals surface area contributed by atoms with Crippen molar-refractivity contribution in [3.63, 3.8) is 0 Å². The molecule has 3 fully saturated rings. The van der Waals surface area contributed by atoms with E-state index in [1.54, 1.807) is 0 Å². The molecule has 9 heteroatoms. The lowest BCUT2D eigenvalue weighted by Gasteiger charge is -2.37. The van der Waals surface area contributed by atoms with Gasteiger partial charge in [0.05, 0.1) is 11.8 Å². The minimum Gasteiger partial charge on any atom is -0.286 e. The van der Waals surface area contributed by atoms with E-state index in [1.807, 2.05) is 12.2 Å². The van der Waals surface area contributed by atoms with Crippen LogP contribution in [0.1, 0.15) is 6.42 Å². The number of halogens is 4. The Kier molecular flexibility index (Phi) is 3.91. The summed E-state index contributed by atoms with van der Waals surface area (Å²) in [7, 11) is 0. The Bertz CT molecular complexity index is 927. The van der Waals surface area contributed by atoms with E-state index in [0.29, 0.717) is 16.7 Å². The summed E-state index contributed by atoms with van der Waals surface area (Å²) in [6.07, 6.45) is -0.227. The van der Waals surface area contributed by atoms with Crippen LogP contribution in [0.3, 0.4) is 0 Å². The van der Waals surface area contributed by atoms with Gasteiger partial charge >= 0.3 is 12.1 Å². The highest BCUT2D eigenvalue weighted by atomic mass is 35.5. The van der Waals surface area contributed by atoms with E-state index in [2.05, 4.69) is 0 Å². The molecule has 1 aromatic rings. The average molecular weight is 425 g/mol. The highest BCUT2D eigenvalue weighted by Gasteiger charge is 2.67. The standard InChI is InChI=1S/C20H16ClF3N2O3/c21-9-2-1-3-10(6-9)25(19(29)20(22,23)24)8-26-17(27)15-11-4-5-12(14-7-13(11)14)16(15)18(26)28/h1-6,11-16H,7-8H2/t11-,12-,13-,14-,15-,16+/m0/s1. The number of alkyl halides is 3. The molecule has 1 aliphatic heterocycles. The van der Waals surface area contributed by atoms with Crippen LogP contribution in [-0.4, -0.2) is 35.5 Å². The van der Waals surface area contributed by atoms with Crippen molar-refractivity contribution >= 4 is 35.0 Å². The van der Waals surface area contributed by atoms with Crippen molar-refractivity contribution in [3.8, 4) is 0 Å². The lowest BCUT2D eigenvalue weighted by molar-refractivity contribution is -0.171. The fraction of sp³-hybridized carbons (Fsp3) is 0.450. The first-order valence-corrected chi connectivity index (χ1v) is 9.74. The van der Waals surface area contributed by atoms with Crippen LogP contribution in [0.4, 0.5) is 18.9 Å². The van der Waals surface area contributed by atoms with Gasteiger partial charge in [-0.05, 0) is 48.3 Å². The van der Waals surface area contributed by atoms with Gasteiger partial charge in [0.15, 0.2) is 0 Å². The molecule has 0 N–H and O–H groups in total. The second-order valence-electron chi connectivity index (χ2n) is 8.11. The van der Waals surface area contributed by atoms with E-state index in [-0.39, 0.29) is 22.5 Å². The zero-order chi connectivity index (χ0) is 20.7. The number of imide groups is 1. The van der Waals surface area contributed by atoms with Gasteiger partial charge in [-0.2, -0.15) is 13.2 Å². The molecule has 1 aromatic carbocycles. The van der Waals surface area contributed by atoms with Crippen LogP contribution in [0, 0.1) is 35.5 Å². The van der Waals surface area contributed by atoms with Gasteiger partial charge in [-0.15, -0.1) is 0 Å². The predicted octanol–water partition coefficient (Wildman–Crippen LogP) is 3.25. The smallest absolute Gasteiger partial charge is 0.286 e. The number of amides is 3. The molecule has 3 amide bonds.